The van der Waals surface area contributed by atoms with E-state index in [-0.39, 0.29) is 0 Å². The van der Waals surface area contributed by atoms with Crippen LogP contribution in [0.3, 0.4) is 0 Å². The van der Waals surface area contributed by atoms with E-state index in [1.807, 2.05) is 6.08 Å². The van der Waals surface area contributed by atoms with Crippen LogP contribution in [-0.2, 0) is 0 Å². The highest BCUT2D eigenvalue weighted by Gasteiger charge is 2.06. The molecule has 12 heavy (non-hydrogen) atoms. The molecule has 0 aromatic rings. The summed E-state index contributed by atoms with van der Waals surface area (Å²) in [5.74, 6) is 0.619. The number of allylic oxidation sites excluding steroid dienone is 2. The third-order valence-electron chi connectivity index (χ3n) is 2.29. The summed E-state index contributed by atoms with van der Waals surface area (Å²) >= 11 is 0. The van der Waals surface area contributed by atoms with Gasteiger partial charge in [-0.2, -0.15) is 0 Å². The quantitative estimate of drug-likeness (QED) is 0.458. The standard InChI is InChI=1S/C11H21N/c1-4-10(3)11(5-2)8-6-7-9-12/h4,11H,1,3,5-9,12H2,2H3. The summed E-state index contributed by atoms with van der Waals surface area (Å²) in [6.45, 7) is 10.7. The van der Waals surface area contributed by atoms with Crippen molar-refractivity contribution in [2.24, 2.45) is 11.7 Å². The van der Waals surface area contributed by atoms with Crippen molar-refractivity contribution >= 4 is 0 Å². The summed E-state index contributed by atoms with van der Waals surface area (Å²) < 4.78 is 0. The second kappa shape index (κ2) is 7.11. The number of unbranched alkanes of at least 4 members (excludes halogenated alkanes) is 1. The van der Waals surface area contributed by atoms with Gasteiger partial charge in [0, 0.05) is 0 Å². The molecule has 0 heterocycles. The fourth-order valence-corrected chi connectivity index (χ4v) is 1.35. The van der Waals surface area contributed by atoms with Crippen molar-refractivity contribution in [3.05, 3.63) is 24.8 Å². The maximum absolute atomic E-state index is 5.42. The van der Waals surface area contributed by atoms with Crippen molar-refractivity contribution in [2.75, 3.05) is 6.54 Å². The normalized spacial score (nSPS) is 12.5. The molecule has 1 atom stereocenters. The van der Waals surface area contributed by atoms with E-state index in [1.165, 1.54) is 18.4 Å². The van der Waals surface area contributed by atoms with Gasteiger partial charge in [0.05, 0.1) is 0 Å². The number of hydrogen-bond donors (Lipinski definition) is 1. The molecule has 0 amide bonds. The Bertz CT molecular complexity index is 138. The molecule has 0 aliphatic rings. The SMILES string of the molecule is C=CC(=C)C(CC)CCCCN. The summed E-state index contributed by atoms with van der Waals surface area (Å²) in [5, 5.41) is 0. The van der Waals surface area contributed by atoms with Crippen molar-refractivity contribution in [3.8, 4) is 0 Å². The van der Waals surface area contributed by atoms with Gasteiger partial charge in [0.1, 0.15) is 0 Å². The Morgan fingerprint density at radius 2 is 2.17 bits per heavy atom. The van der Waals surface area contributed by atoms with Crippen molar-refractivity contribution < 1.29 is 0 Å². The molecule has 0 saturated carbocycles. The molecule has 70 valence electrons. The lowest BCUT2D eigenvalue weighted by Crippen LogP contribution is -2.03. The zero-order chi connectivity index (χ0) is 9.40. The van der Waals surface area contributed by atoms with Crippen LogP contribution in [0.25, 0.3) is 0 Å². The average molecular weight is 167 g/mol. The van der Waals surface area contributed by atoms with Gasteiger partial charge in [0.15, 0.2) is 0 Å². The van der Waals surface area contributed by atoms with E-state index in [2.05, 4.69) is 20.1 Å². The molecule has 1 nitrogen and oxygen atoms in total. The zero-order valence-corrected chi connectivity index (χ0v) is 8.18. The van der Waals surface area contributed by atoms with E-state index in [0.29, 0.717) is 5.92 Å². The highest BCUT2D eigenvalue weighted by molar-refractivity contribution is 5.14. The molecule has 1 unspecified atom stereocenters. The molecule has 0 radical (unpaired) electrons. The lowest BCUT2D eigenvalue weighted by Gasteiger charge is -2.14. The van der Waals surface area contributed by atoms with Gasteiger partial charge < -0.3 is 5.73 Å². The van der Waals surface area contributed by atoms with Crippen LogP contribution in [0, 0.1) is 5.92 Å². The summed E-state index contributed by atoms with van der Waals surface area (Å²) in [4.78, 5) is 0. The van der Waals surface area contributed by atoms with Gasteiger partial charge in [-0.3, -0.25) is 0 Å². The zero-order valence-electron chi connectivity index (χ0n) is 8.18. The van der Waals surface area contributed by atoms with Crippen LogP contribution in [0.5, 0.6) is 0 Å². The Balaban J connectivity index is 3.67. The van der Waals surface area contributed by atoms with Crippen molar-refractivity contribution in [3.63, 3.8) is 0 Å². The Morgan fingerprint density at radius 1 is 1.50 bits per heavy atom. The predicted molar refractivity (Wildman–Crippen MR) is 56.0 cm³/mol. The Kier molecular flexibility index (Phi) is 6.78. The third-order valence-corrected chi connectivity index (χ3v) is 2.29. The fraction of sp³-hybridized carbons (Fsp3) is 0.636. The third kappa shape index (κ3) is 4.35. The lowest BCUT2D eigenvalue weighted by molar-refractivity contribution is 0.518. The molecule has 0 fully saturated rings. The molecule has 1 heteroatoms. The van der Waals surface area contributed by atoms with E-state index in [9.17, 15) is 0 Å². The van der Waals surface area contributed by atoms with Crippen LogP contribution >= 0.6 is 0 Å². The smallest absolute Gasteiger partial charge is 0.00773 e. The molecule has 0 saturated heterocycles. The molecule has 0 spiro atoms. The Morgan fingerprint density at radius 3 is 2.58 bits per heavy atom. The van der Waals surface area contributed by atoms with E-state index in [1.54, 1.807) is 0 Å². The Labute approximate surface area is 76.3 Å². The number of hydrogen-bond acceptors (Lipinski definition) is 1. The molecule has 0 bridgehead atoms. The first-order valence-corrected chi connectivity index (χ1v) is 4.77. The first-order valence-electron chi connectivity index (χ1n) is 4.77. The molecule has 0 aromatic heterocycles. The molecule has 0 rings (SSSR count). The van der Waals surface area contributed by atoms with Gasteiger partial charge in [-0.05, 0) is 31.7 Å². The average Bonchev–Trinajstić information content (AvgIpc) is 2.11. The van der Waals surface area contributed by atoms with Gasteiger partial charge >= 0.3 is 0 Å². The van der Waals surface area contributed by atoms with Gasteiger partial charge in [0.25, 0.3) is 0 Å². The highest BCUT2D eigenvalue weighted by atomic mass is 14.5. The molecule has 2 N–H and O–H groups in total. The van der Waals surface area contributed by atoms with E-state index >= 15 is 0 Å². The first kappa shape index (κ1) is 11.4. The van der Waals surface area contributed by atoms with Crippen molar-refractivity contribution in [2.45, 2.75) is 32.6 Å². The van der Waals surface area contributed by atoms with Gasteiger partial charge in [-0.25, -0.2) is 0 Å². The second-order valence-electron chi connectivity index (χ2n) is 3.17. The van der Waals surface area contributed by atoms with Gasteiger partial charge in [0.2, 0.25) is 0 Å². The summed E-state index contributed by atoms with van der Waals surface area (Å²) in [5.41, 5.74) is 6.60. The minimum Gasteiger partial charge on any atom is -0.330 e. The maximum atomic E-state index is 5.42. The van der Waals surface area contributed by atoms with Crippen molar-refractivity contribution in [1.82, 2.24) is 0 Å². The van der Waals surface area contributed by atoms with Crippen LogP contribution in [0.1, 0.15) is 32.6 Å². The van der Waals surface area contributed by atoms with Gasteiger partial charge in [-0.15, -0.1) is 0 Å². The van der Waals surface area contributed by atoms with Crippen LogP contribution in [-0.4, -0.2) is 6.54 Å². The van der Waals surface area contributed by atoms with Crippen LogP contribution < -0.4 is 5.73 Å². The van der Waals surface area contributed by atoms with Crippen LogP contribution in [0.4, 0.5) is 0 Å². The van der Waals surface area contributed by atoms with E-state index in [4.69, 9.17) is 5.73 Å². The first-order chi connectivity index (χ1) is 5.76. The molecule has 0 aromatic carbocycles. The topological polar surface area (TPSA) is 26.0 Å². The van der Waals surface area contributed by atoms with E-state index in [0.717, 1.165) is 19.4 Å². The highest BCUT2D eigenvalue weighted by Crippen LogP contribution is 2.20. The van der Waals surface area contributed by atoms with Crippen LogP contribution in [0.15, 0.2) is 24.8 Å². The maximum Gasteiger partial charge on any atom is -0.00773 e. The lowest BCUT2D eigenvalue weighted by atomic mass is 9.92. The molecular formula is C11H21N. The minimum atomic E-state index is 0.619. The number of nitrogens with two attached hydrogens (primary N) is 1. The largest absolute Gasteiger partial charge is 0.330 e. The summed E-state index contributed by atoms with van der Waals surface area (Å²) in [6, 6.07) is 0. The molecule has 0 aliphatic carbocycles. The fourth-order valence-electron chi connectivity index (χ4n) is 1.35. The van der Waals surface area contributed by atoms with Crippen molar-refractivity contribution in [1.29, 1.82) is 0 Å². The van der Waals surface area contributed by atoms with Gasteiger partial charge in [-0.1, -0.05) is 38.2 Å². The van der Waals surface area contributed by atoms with E-state index < -0.39 is 0 Å². The molecule has 0 aliphatic heterocycles. The minimum absolute atomic E-state index is 0.619. The Hall–Kier alpha value is -0.560. The molecular weight excluding hydrogens is 146 g/mol. The second-order valence-corrected chi connectivity index (χ2v) is 3.17. The predicted octanol–water partition coefficient (Wildman–Crippen LogP) is 2.88. The summed E-state index contributed by atoms with van der Waals surface area (Å²) in [6.07, 6.45) is 6.58. The summed E-state index contributed by atoms with van der Waals surface area (Å²) in [7, 11) is 0. The van der Waals surface area contributed by atoms with Crippen LogP contribution in [0.2, 0.25) is 0 Å². The monoisotopic (exact) mass is 167 g/mol. The number of rotatable bonds is 7.